The summed E-state index contributed by atoms with van der Waals surface area (Å²) in [6, 6.07) is 10.1. The number of thioether (sulfide) groups is 1. The van der Waals surface area contributed by atoms with E-state index in [4.69, 9.17) is 5.41 Å². The van der Waals surface area contributed by atoms with Gasteiger partial charge < -0.3 is 0 Å². The van der Waals surface area contributed by atoms with Crippen LogP contribution in [0.1, 0.15) is 12.5 Å². The van der Waals surface area contributed by atoms with Crippen molar-refractivity contribution in [3.05, 3.63) is 35.9 Å². The van der Waals surface area contributed by atoms with Crippen molar-refractivity contribution in [1.29, 1.82) is 5.41 Å². The van der Waals surface area contributed by atoms with Gasteiger partial charge in [-0.3, -0.25) is 5.41 Å². The molecule has 4 heteroatoms. The van der Waals surface area contributed by atoms with Gasteiger partial charge in [0.05, 0.1) is 6.54 Å². The highest BCUT2D eigenvalue weighted by Crippen LogP contribution is 2.17. The van der Waals surface area contributed by atoms with E-state index >= 15 is 0 Å². The highest BCUT2D eigenvalue weighted by atomic mass is 32.2. The Labute approximate surface area is 93.7 Å². The number of benzene rings is 1. The van der Waals surface area contributed by atoms with Gasteiger partial charge in [0, 0.05) is 11.5 Å². The molecule has 0 amide bonds. The Hall–Kier alpha value is -1.29. The highest BCUT2D eigenvalue weighted by Gasteiger charge is 2.15. The maximum Gasteiger partial charge on any atom is 0.177 e. The Balaban J connectivity index is 2.11. The zero-order chi connectivity index (χ0) is 10.7. The second kappa shape index (κ2) is 4.49. The number of nitrogens with one attached hydrogen (secondary N) is 1. The Morgan fingerprint density at radius 3 is 2.87 bits per heavy atom. The summed E-state index contributed by atoms with van der Waals surface area (Å²) in [6.45, 7) is 2.68. The predicted octanol–water partition coefficient (Wildman–Crippen LogP) is 2.55. The van der Waals surface area contributed by atoms with Gasteiger partial charge in [0.25, 0.3) is 0 Å². The van der Waals surface area contributed by atoms with Crippen molar-refractivity contribution in [1.82, 2.24) is 5.01 Å². The first-order valence-corrected chi connectivity index (χ1v) is 5.81. The summed E-state index contributed by atoms with van der Waals surface area (Å²) in [5.41, 5.74) is 2.26. The fourth-order valence-corrected chi connectivity index (χ4v) is 2.05. The first kappa shape index (κ1) is 10.2. The first-order chi connectivity index (χ1) is 7.25. The van der Waals surface area contributed by atoms with E-state index in [1.807, 2.05) is 25.1 Å². The number of amidine groups is 1. The third-order valence-corrected chi connectivity index (χ3v) is 3.17. The third-order valence-electron chi connectivity index (χ3n) is 2.12. The molecule has 1 heterocycles. The minimum Gasteiger partial charge on any atom is -0.277 e. The Morgan fingerprint density at radius 1 is 1.40 bits per heavy atom. The Bertz CT molecular complexity index is 386. The molecule has 1 aliphatic rings. The average molecular weight is 219 g/mol. The highest BCUT2D eigenvalue weighted by molar-refractivity contribution is 8.14. The van der Waals surface area contributed by atoms with Crippen LogP contribution >= 0.6 is 11.8 Å². The molecule has 0 atom stereocenters. The summed E-state index contributed by atoms with van der Waals surface area (Å²) in [5.74, 6) is 0.837. The second-order valence-corrected chi connectivity index (χ2v) is 4.44. The van der Waals surface area contributed by atoms with Crippen molar-refractivity contribution in [3.63, 3.8) is 0 Å². The summed E-state index contributed by atoms with van der Waals surface area (Å²) in [6.07, 6.45) is 0. The molecule has 78 valence electrons. The molecule has 0 bridgehead atoms. The van der Waals surface area contributed by atoms with Gasteiger partial charge in [-0.25, -0.2) is 5.01 Å². The van der Waals surface area contributed by atoms with Gasteiger partial charge in [0.1, 0.15) is 0 Å². The van der Waals surface area contributed by atoms with Gasteiger partial charge in [0.15, 0.2) is 5.17 Å². The van der Waals surface area contributed by atoms with Crippen molar-refractivity contribution in [2.45, 2.75) is 13.5 Å². The van der Waals surface area contributed by atoms with Gasteiger partial charge in [-0.2, -0.15) is 5.10 Å². The molecule has 1 aliphatic heterocycles. The first-order valence-electron chi connectivity index (χ1n) is 4.82. The van der Waals surface area contributed by atoms with Crippen LogP contribution in [0, 0.1) is 5.41 Å². The van der Waals surface area contributed by atoms with E-state index in [2.05, 4.69) is 17.2 Å². The maximum absolute atomic E-state index is 7.77. The summed E-state index contributed by atoms with van der Waals surface area (Å²) >= 11 is 1.53. The minimum atomic E-state index is 0.532. The third kappa shape index (κ3) is 2.59. The zero-order valence-electron chi connectivity index (χ0n) is 8.60. The van der Waals surface area contributed by atoms with Crippen molar-refractivity contribution < 1.29 is 0 Å². The fraction of sp³-hybridized carbons (Fsp3) is 0.273. The van der Waals surface area contributed by atoms with E-state index in [9.17, 15) is 0 Å². The van der Waals surface area contributed by atoms with Crippen LogP contribution in [0.15, 0.2) is 35.4 Å². The van der Waals surface area contributed by atoms with Crippen LogP contribution in [0.4, 0.5) is 0 Å². The van der Waals surface area contributed by atoms with Crippen LogP contribution in [0.25, 0.3) is 0 Å². The molecule has 0 spiro atoms. The van der Waals surface area contributed by atoms with Crippen LogP contribution in [0.5, 0.6) is 0 Å². The lowest BCUT2D eigenvalue weighted by Gasteiger charge is -2.23. The average Bonchev–Trinajstić information content (AvgIpc) is 2.25. The molecular weight excluding hydrogens is 206 g/mol. The molecule has 1 N–H and O–H groups in total. The molecule has 0 radical (unpaired) electrons. The summed E-state index contributed by atoms with van der Waals surface area (Å²) in [4.78, 5) is 0. The molecule has 0 saturated carbocycles. The lowest BCUT2D eigenvalue weighted by Crippen LogP contribution is -2.28. The summed E-state index contributed by atoms with van der Waals surface area (Å²) in [7, 11) is 0. The van der Waals surface area contributed by atoms with Crippen LogP contribution in [-0.4, -0.2) is 21.6 Å². The van der Waals surface area contributed by atoms with Crippen molar-refractivity contribution in [3.8, 4) is 0 Å². The molecular formula is C11H13N3S. The van der Waals surface area contributed by atoms with E-state index in [-0.39, 0.29) is 0 Å². The second-order valence-electron chi connectivity index (χ2n) is 3.47. The van der Waals surface area contributed by atoms with Gasteiger partial charge in [-0.05, 0) is 12.5 Å². The van der Waals surface area contributed by atoms with Crippen LogP contribution in [0.2, 0.25) is 0 Å². The summed E-state index contributed by atoms with van der Waals surface area (Å²) in [5, 5.41) is 14.4. The van der Waals surface area contributed by atoms with E-state index < -0.39 is 0 Å². The smallest absolute Gasteiger partial charge is 0.177 e. The van der Waals surface area contributed by atoms with Gasteiger partial charge in [-0.15, -0.1) is 0 Å². The number of hydrogen-bond donors (Lipinski definition) is 1. The van der Waals surface area contributed by atoms with E-state index in [0.29, 0.717) is 11.7 Å². The monoisotopic (exact) mass is 219 g/mol. The van der Waals surface area contributed by atoms with Crippen LogP contribution < -0.4 is 0 Å². The van der Waals surface area contributed by atoms with E-state index in [1.54, 1.807) is 5.01 Å². The molecule has 0 unspecified atom stereocenters. The van der Waals surface area contributed by atoms with Gasteiger partial charge >= 0.3 is 0 Å². The molecule has 2 rings (SSSR count). The largest absolute Gasteiger partial charge is 0.277 e. The Kier molecular flexibility index (Phi) is 3.06. The zero-order valence-corrected chi connectivity index (χ0v) is 9.42. The number of hydrogen-bond acceptors (Lipinski definition) is 3. The van der Waals surface area contributed by atoms with Gasteiger partial charge in [0.2, 0.25) is 0 Å². The molecule has 0 aromatic heterocycles. The number of nitrogens with zero attached hydrogens (tertiary/aromatic N) is 2. The SMILES string of the molecule is CC1=NN(Cc2ccccc2)C(=N)SC1. The van der Waals surface area contributed by atoms with Crippen LogP contribution in [-0.2, 0) is 6.54 Å². The van der Waals surface area contributed by atoms with Crippen LogP contribution in [0.3, 0.4) is 0 Å². The normalized spacial score (nSPS) is 16.5. The topological polar surface area (TPSA) is 39.5 Å². The van der Waals surface area contributed by atoms with Crippen molar-refractivity contribution in [2.24, 2.45) is 5.10 Å². The Morgan fingerprint density at radius 2 is 2.13 bits per heavy atom. The van der Waals surface area contributed by atoms with E-state index in [1.165, 1.54) is 17.3 Å². The number of hydrazone groups is 1. The molecule has 3 nitrogen and oxygen atoms in total. The molecule has 1 aromatic carbocycles. The fourth-order valence-electron chi connectivity index (χ4n) is 1.39. The quantitative estimate of drug-likeness (QED) is 0.830. The molecule has 0 fully saturated rings. The molecule has 0 aliphatic carbocycles. The summed E-state index contributed by atoms with van der Waals surface area (Å²) < 4.78 is 0. The van der Waals surface area contributed by atoms with Gasteiger partial charge in [-0.1, -0.05) is 42.1 Å². The molecule has 15 heavy (non-hydrogen) atoms. The lowest BCUT2D eigenvalue weighted by molar-refractivity contribution is 0.443. The molecule has 0 saturated heterocycles. The standard InChI is InChI=1S/C11H13N3S/c1-9-8-15-11(12)14(13-9)7-10-5-3-2-4-6-10/h2-6,12H,7-8H2,1H3. The lowest BCUT2D eigenvalue weighted by atomic mass is 10.2. The van der Waals surface area contributed by atoms with E-state index in [0.717, 1.165) is 11.5 Å². The molecule has 1 aromatic rings. The predicted molar refractivity (Wildman–Crippen MR) is 65.3 cm³/mol. The van der Waals surface area contributed by atoms with Crippen molar-refractivity contribution in [2.75, 3.05) is 5.75 Å². The maximum atomic E-state index is 7.77. The van der Waals surface area contributed by atoms with Crippen molar-refractivity contribution >= 4 is 22.6 Å². The number of rotatable bonds is 2. The minimum absolute atomic E-state index is 0.532.